The van der Waals surface area contributed by atoms with E-state index in [1.54, 1.807) is 24.3 Å². The van der Waals surface area contributed by atoms with E-state index in [-0.39, 0.29) is 27.8 Å². The molecule has 0 saturated carbocycles. The topological polar surface area (TPSA) is 145 Å². The zero-order valence-corrected chi connectivity index (χ0v) is 13.9. The van der Waals surface area contributed by atoms with Crippen molar-refractivity contribution < 1.29 is 18.6 Å². The first-order valence-electron chi connectivity index (χ1n) is 6.28. The zero-order valence-electron chi connectivity index (χ0n) is 12.3. The van der Waals surface area contributed by atoms with Crippen LogP contribution in [0.2, 0.25) is 0 Å². The molecule has 12 heteroatoms. The molecule has 0 spiro atoms. The van der Waals surface area contributed by atoms with E-state index in [0.717, 1.165) is 0 Å². The van der Waals surface area contributed by atoms with Crippen molar-refractivity contribution in [2.24, 2.45) is 10.3 Å². The van der Waals surface area contributed by atoms with Crippen LogP contribution in [0.5, 0.6) is 11.8 Å². The molecule has 1 aromatic carbocycles. The van der Waals surface area contributed by atoms with Gasteiger partial charge in [-0.05, 0) is 24.4 Å². The SMILES string of the molecule is CO/N=C(/C(=O)NS(N)=O)c1ccccc1Oc1ncnc(=S)[nH]1. The summed E-state index contributed by atoms with van der Waals surface area (Å²) in [5.41, 5.74) is 0.0831. The first-order valence-corrected chi connectivity index (χ1v) is 7.90. The minimum absolute atomic E-state index is 0.0713. The predicted octanol–water partition coefficient (Wildman–Crippen LogP) is 0.331. The fourth-order valence-electron chi connectivity index (χ4n) is 1.64. The van der Waals surface area contributed by atoms with Crippen LogP contribution in [0.4, 0.5) is 0 Å². The Labute approximate surface area is 143 Å². The number of aromatic amines is 1. The van der Waals surface area contributed by atoms with Gasteiger partial charge in [-0.2, -0.15) is 4.98 Å². The number of oxime groups is 1. The first-order chi connectivity index (χ1) is 11.5. The minimum Gasteiger partial charge on any atom is -0.425 e. The number of hydrogen-bond acceptors (Lipinski definition) is 8. The van der Waals surface area contributed by atoms with Crippen LogP contribution in [-0.2, 0) is 20.8 Å². The maximum Gasteiger partial charge on any atom is 0.302 e. The zero-order chi connectivity index (χ0) is 17.5. The maximum absolute atomic E-state index is 12.1. The summed E-state index contributed by atoms with van der Waals surface area (Å²) in [7, 11) is 1.26. The smallest absolute Gasteiger partial charge is 0.302 e. The maximum atomic E-state index is 12.1. The van der Waals surface area contributed by atoms with Gasteiger partial charge in [0.15, 0.2) is 16.9 Å². The standard InChI is InChI=1S/C12H12N6O4S2/c1-21-17-9(10(19)18-24(13)20)7-4-2-3-5-8(7)22-11-14-6-15-12(23)16-11/h2-6H,13H2,1H3,(H,18,19)(H,14,15,16,23)/b17-9+. The van der Waals surface area contributed by atoms with Crippen LogP contribution in [-0.4, -0.2) is 37.9 Å². The molecule has 126 valence electrons. The second-order valence-corrected chi connectivity index (χ2v) is 5.24. The minimum atomic E-state index is -2.06. The van der Waals surface area contributed by atoms with Crippen LogP contribution in [0.1, 0.15) is 5.56 Å². The highest BCUT2D eigenvalue weighted by atomic mass is 32.2. The lowest BCUT2D eigenvalue weighted by molar-refractivity contribution is -0.113. The van der Waals surface area contributed by atoms with E-state index in [9.17, 15) is 9.00 Å². The summed E-state index contributed by atoms with van der Waals surface area (Å²) >= 11 is 2.83. The van der Waals surface area contributed by atoms with Gasteiger partial charge in [0.2, 0.25) is 4.77 Å². The Morgan fingerprint density at radius 2 is 2.17 bits per heavy atom. The molecule has 0 saturated heterocycles. The van der Waals surface area contributed by atoms with Gasteiger partial charge in [0.25, 0.3) is 5.91 Å². The number of aromatic nitrogens is 3. The molecule has 2 aromatic rings. The summed E-state index contributed by atoms with van der Waals surface area (Å²) in [4.78, 5) is 27.0. The van der Waals surface area contributed by atoms with Gasteiger partial charge in [-0.25, -0.2) is 14.3 Å². The lowest BCUT2D eigenvalue weighted by Crippen LogP contribution is -2.36. The molecule has 0 radical (unpaired) electrons. The molecule has 0 bridgehead atoms. The van der Waals surface area contributed by atoms with E-state index in [4.69, 9.17) is 22.1 Å². The Balaban J connectivity index is 2.42. The van der Waals surface area contributed by atoms with E-state index < -0.39 is 17.1 Å². The lowest BCUT2D eigenvalue weighted by atomic mass is 10.1. The van der Waals surface area contributed by atoms with Crippen molar-refractivity contribution in [1.29, 1.82) is 0 Å². The van der Waals surface area contributed by atoms with Gasteiger partial charge >= 0.3 is 6.01 Å². The van der Waals surface area contributed by atoms with Crippen molar-refractivity contribution >= 4 is 35.0 Å². The van der Waals surface area contributed by atoms with Crippen molar-refractivity contribution in [3.05, 3.63) is 40.9 Å². The molecular weight excluding hydrogens is 356 g/mol. The number of para-hydroxylation sites is 1. The lowest BCUT2D eigenvalue weighted by Gasteiger charge is -2.11. The van der Waals surface area contributed by atoms with Crippen LogP contribution in [0.15, 0.2) is 35.7 Å². The van der Waals surface area contributed by atoms with Crippen LogP contribution in [0.25, 0.3) is 0 Å². The Morgan fingerprint density at radius 1 is 1.42 bits per heavy atom. The highest BCUT2D eigenvalue weighted by Gasteiger charge is 2.21. The Morgan fingerprint density at radius 3 is 2.83 bits per heavy atom. The monoisotopic (exact) mass is 368 g/mol. The molecule has 10 nitrogen and oxygen atoms in total. The van der Waals surface area contributed by atoms with E-state index >= 15 is 0 Å². The van der Waals surface area contributed by atoms with Crippen LogP contribution in [0, 0.1) is 4.77 Å². The fourth-order valence-corrected chi connectivity index (χ4v) is 2.05. The molecule has 1 aromatic heterocycles. The highest BCUT2D eigenvalue weighted by molar-refractivity contribution is 7.81. The number of nitrogens with zero attached hydrogens (tertiary/aromatic N) is 3. The van der Waals surface area contributed by atoms with Gasteiger partial charge < -0.3 is 9.57 Å². The van der Waals surface area contributed by atoms with Gasteiger partial charge in [-0.15, -0.1) is 0 Å². The molecule has 4 N–H and O–H groups in total. The molecule has 0 aliphatic rings. The van der Waals surface area contributed by atoms with Gasteiger partial charge in [0.05, 0.1) is 5.56 Å². The van der Waals surface area contributed by atoms with E-state index in [1.165, 1.54) is 13.4 Å². The first kappa shape index (κ1) is 17.7. The van der Waals surface area contributed by atoms with Crippen molar-refractivity contribution in [1.82, 2.24) is 19.7 Å². The molecule has 0 aliphatic carbocycles. The molecule has 1 atom stereocenters. The number of nitrogens with one attached hydrogen (secondary N) is 2. The van der Waals surface area contributed by atoms with E-state index in [0.29, 0.717) is 0 Å². The fraction of sp³-hybridized carbons (Fsp3) is 0.0833. The van der Waals surface area contributed by atoms with Gasteiger partial charge in [0.1, 0.15) is 19.2 Å². The normalized spacial score (nSPS) is 12.3. The number of carbonyl (C=O) groups is 1. The number of carbonyl (C=O) groups excluding carboxylic acids is 1. The molecule has 2 rings (SSSR count). The predicted molar refractivity (Wildman–Crippen MR) is 87.8 cm³/mol. The second-order valence-electron chi connectivity index (χ2n) is 4.06. The quantitative estimate of drug-likeness (QED) is 0.378. The number of H-pyrrole nitrogens is 1. The van der Waals surface area contributed by atoms with E-state index in [2.05, 4.69) is 24.9 Å². The van der Waals surface area contributed by atoms with Crippen LogP contribution < -0.4 is 14.6 Å². The van der Waals surface area contributed by atoms with Gasteiger partial charge in [0, 0.05) is 0 Å². The Kier molecular flexibility index (Phi) is 6.06. The van der Waals surface area contributed by atoms with Crippen LogP contribution >= 0.6 is 12.2 Å². The average Bonchev–Trinajstić information content (AvgIpc) is 2.53. The molecule has 0 fully saturated rings. The summed E-state index contributed by atoms with van der Waals surface area (Å²) in [5.74, 6) is -0.569. The summed E-state index contributed by atoms with van der Waals surface area (Å²) in [6.07, 6.45) is 1.23. The summed E-state index contributed by atoms with van der Waals surface area (Å²) in [5, 5.41) is 8.70. The highest BCUT2D eigenvalue weighted by Crippen LogP contribution is 2.23. The number of ether oxygens (including phenoxy) is 1. The van der Waals surface area contributed by atoms with Gasteiger partial charge in [-0.3, -0.25) is 14.5 Å². The summed E-state index contributed by atoms with van der Waals surface area (Å²) in [6.45, 7) is 0. The molecule has 0 aliphatic heterocycles. The van der Waals surface area contributed by atoms with Crippen molar-refractivity contribution in [2.45, 2.75) is 0 Å². The summed E-state index contributed by atoms with van der Waals surface area (Å²) in [6, 6.07) is 6.54. The molecule has 1 heterocycles. The van der Waals surface area contributed by atoms with Crippen LogP contribution in [0.3, 0.4) is 0 Å². The molecule has 1 amide bonds. The average molecular weight is 368 g/mol. The Hall–Kier alpha value is -2.70. The van der Waals surface area contributed by atoms with Gasteiger partial charge in [-0.1, -0.05) is 17.3 Å². The third-order valence-electron chi connectivity index (χ3n) is 2.50. The van der Waals surface area contributed by atoms with Crippen molar-refractivity contribution in [3.63, 3.8) is 0 Å². The molecule has 24 heavy (non-hydrogen) atoms. The number of hydrogen-bond donors (Lipinski definition) is 3. The molecular formula is C12H12N6O4S2. The van der Waals surface area contributed by atoms with Crippen molar-refractivity contribution in [2.75, 3.05) is 7.11 Å². The number of benzene rings is 1. The number of rotatable bonds is 6. The third kappa shape index (κ3) is 4.65. The Bertz CT molecular complexity index is 853. The van der Waals surface area contributed by atoms with E-state index in [1.807, 2.05) is 4.72 Å². The van der Waals surface area contributed by atoms with Crippen molar-refractivity contribution in [3.8, 4) is 11.8 Å². The third-order valence-corrected chi connectivity index (χ3v) is 3.10. The number of amides is 1. The molecule has 1 unspecified atom stereocenters. The second kappa shape index (κ2) is 8.24. The number of nitrogens with two attached hydrogens (primary N) is 1. The summed E-state index contributed by atoms with van der Waals surface area (Å²) < 4.78 is 18.8. The largest absolute Gasteiger partial charge is 0.425 e.